The van der Waals surface area contributed by atoms with Crippen molar-refractivity contribution >= 4 is 5.91 Å². The molecule has 0 fully saturated rings. The van der Waals surface area contributed by atoms with E-state index in [4.69, 9.17) is 4.42 Å². The molecule has 3 heterocycles. The van der Waals surface area contributed by atoms with Crippen LogP contribution in [-0.2, 0) is 6.54 Å². The van der Waals surface area contributed by atoms with Crippen LogP contribution >= 0.6 is 0 Å². The van der Waals surface area contributed by atoms with Crippen LogP contribution in [0, 0.1) is 6.92 Å². The quantitative estimate of drug-likeness (QED) is 0.590. The summed E-state index contributed by atoms with van der Waals surface area (Å²) in [5.74, 6) is 1.29. The number of furan rings is 1. The fourth-order valence-electron chi connectivity index (χ4n) is 2.94. The van der Waals surface area contributed by atoms with Crippen molar-refractivity contribution in [1.82, 2.24) is 24.9 Å². The van der Waals surface area contributed by atoms with Crippen LogP contribution in [0.5, 0.6) is 0 Å². The van der Waals surface area contributed by atoms with Crippen LogP contribution in [0.1, 0.15) is 21.8 Å². The number of nitrogens with one attached hydrogen (secondary N) is 1. The van der Waals surface area contributed by atoms with E-state index >= 15 is 0 Å². The number of benzene rings is 1. The van der Waals surface area contributed by atoms with Crippen molar-refractivity contribution in [2.75, 3.05) is 7.05 Å². The van der Waals surface area contributed by atoms with Crippen LogP contribution < -0.4 is 0 Å². The number of H-pyrrole nitrogens is 1. The predicted octanol–water partition coefficient (Wildman–Crippen LogP) is 3.44. The molecule has 0 radical (unpaired) electrons. The van der Waals surface area contributed by atoms with Crippen molar-refractivity contribution < 1.29 is 9.21 Å². The zero-order chi connectivity index (χ0) is 18.8. The molecule has 0 aliphatic rings. The maximum atomic E-state index is 12.8. The number of aromatic nitrogens is 4. The SMILES string of the molecule is Cc1ccc(-c2cc(C(=O)N(C)Cc3ccccc3-n3cccn3)n[nH]2)o1. The molecule has 0 spiro atoms. The number of hydrogen-bond acceptors (Lipinski definition) is 4. The summed E-state index contributed by atoms with van der Waals surface area (Å²) in [4.78, 5) is 14.4. The Kier molecular flexibility index (Phi) is 4.33. The summed E-state index contributed by atoms with van der Waals surface area (Å²) < 4.78 is 7.36. The van der Waals surface area contributed by atoms with Gasteiger partial charge < -0.3 is 9.32 Å². The Morgan fingerprint density at radius 3 is 2.81 bits per heavy atom. The molecule has 0 saturated heterocycles. The molecule has 7 heteroatoms. The van der Waals surface area contributed by atoms with E-state index in [-0.39, 0.29) is 5.91 Å². The first kappa shape index (κ1) is 16.8. The average Bonchev–Trinajstić information content (AvgIpc) is 3.42. The normalized spacial score (nSPS) is 10.9. The Labute approximate surface area is 156 Å². The number of para-hydroxylation sites is 1. The fraction of sp³-hybridized carbons (Fsp3) is 0.150. The molecular formula is C20H19N5O2. The Bertz CT molecular complexity index is 1060. The molecule has 4 aromatic rings. The summed E-state index contributed by atoms with van der Waals surface area (Å²) in [6.07, 6.45) is 3.61. The molecule has 1 amide bonds. The molecule has 0 saturated carbocycles. The van der Waals surface area contributed by atoms with Gasteiger partial charge in [0.2, 0.25) is 0 Å². The predicted molar refractivity (Wildman–Crippen MR) is 100 cm³/mol. The third-order valence-corrected chi connectivity index (χ3v) is 4.30. The van der Waals surface area contributed by atoms with E-state index in [9.17, 15) is 4.79 Å². The summed E-state index contributed by atoms with van der Waals surface area (Å²) >= 11 is 0. The average molecular weight is 361 g/mol. The Morgan fingerprint density at radius 2 is 2.07 bits per heavy atom. The van der Waals surface area contributed by atoms with E-state index in [1.54, 1.807) is 28.9 Å². The highest BCUT2D eigenvalue weighted by molar-refractivity contribution is 5.93. The zero-order valence-electron chi connectivity index (χ0n) is 15.1. The molecule has 0 aliphatic carbocycles. The Balaban J connectivity index is 1.53. The smallest absolute Gasteiger partial charge is 0.274 e. The van der Waals surface area contributed by atoms with Crippen molar-refractivity contribution in [2.24, 2.45) is 0 Å². The van der Waals surface area contributed by atoms with Gasteiger partial charge in [0.25, 0.3) is 5.91 Å². The molecular weight excluding hydrogens is 342 g/mol. The molecule has 0 bridgehead atoms. The molecule has 0 atom stereocenters. The molecule has 27 heavy (non-hydrogen) atoms. The molecule has 136 valence electrons. The minimum Gasteiger partial charge on any atom is -0.460 e. The number of carbonyl (C=O) groups is 1. The van der Waals surface area contributed by atoms with Crippen LogP contribution in [0.2, 0.25) is 0 Å². The van der Waals surface area contributed by atoms with Gasteiger partial charge in [-0.15, -0.1) is 0 Å². The number of aromatic amines is 1. The minimum absolute atomic E-state index is 0.170. The second-order valence-corrected chi connectivity index (χ2v) is 6.32. The van der Waals surface area contributed by atoms with E-state index in [1.165, 1.54) is 0 Å². The third-order valence-electron chi connectivity index (χ3n) is 4.30. The van der Waals surface area contributed by atoms with E-state index in [0.717, 1.165) is 17.0 Å². The number of aryl methyl sites for hydroxylation is 1. The maximum absolute atomic E-state index is 12.8. The first-order chi connectivity index (χ1) is 13.1. The summed E-state index contributed by atoms with van der Waals surface area (Å²) in [5.41, 5.74) is 2.96. The molecule has 0 unspecified atom stereocenters. The zero-order valence-corrected chi connectivity index (χ0v) is 15.1. The number of rotatable bonds is 5. The Morgan fingerprint density at radius 1 is 1.22 bits per heavy atom. The van der Waals surface area contributed by atoms with Crippen molar-refractivity contribution in [3.8, 4) is 17.1 Å². The van der Waals surface area contributed by atoms with Crippen LogP contribution in [0.15, 0.2) is 65.3 Å². The second-order valence-electron chi connectivity index (χ2n) is 6.32. The lowest BCUT2D eigenvalue weighted by atomic mass is 10.1. The fourth-order valence-corrected chi connectivity index (χ4v) is 2.94. The van der Waals surface area contributed by atoms with Crippen molar-refractivity contribution in [3.05, 3.63) is 77.9 Å². The van der Waals surface area contributed by atoms with Gasteiger partial charge in [-0.3, -0.25) is 9.89 Å². The lowest BCUT2D eigenvalue weighted by Gasteiger charge is -2.18. The van der Waals surface area contributed by atoms with Gasteiger partial charge in [-0.1, -0.05) is 18.2 Å². The summed E-state index contributed by atoms with van der Waals surface area (Å²) in [5, 5.41) is 11.3. The largest absolute Gasteiger partial charge is 0.460 e. The van der Waals surface area contributed by atoms with Crippen molar-refractivity contribution in [1.29, 1.82) is 0 Å². The first-order valence-electron chi connectivity index (χ1n) is 8.57. The van der Waals surface area contributed by atoms with Gasteiger partial charge >= 0.3 is 0 Å². The van der Waals surface area contributed by atoms with E-state index < -0.39 is 0 Å². The van der Waals surface area contributed by atoms with Gasteiger partial charge in [-0.05, 0) is 36.8 Å². The topological polar surface area (TPSA) is 80.0 Å². The summed E-state index contributed by atoms with van der Waals surface area (Å²) in [6.45, 7) is 2.31. The highest BCUT2D eigenvalue weighted by Crippen LogP contribution is 2.21. The second kappa shape index (κ2) is 6.95. The molecule has 3 aromatic heterocycles. The summed E-state index contributed by atoms with van der Waals surface area (Å²) in [6, 6.07) is 15.2. The minimum atomic E-state index is -0.170. The van der Waals surface area contributed by atoms with Gasteiger partial charge in [0.15, 0.2) is 11.5 Å². The lowest BCUT2D eigenvalue weighted by molar-refractivity contribution is 0.0779. The summed E-state index contributed by atoms with van der Waals surface area (Å²) in [7, 11) is 1.76. The Hall–Kier alpha value is -3.61. The number of nitrogens with zero attached hydrogens (tertiary/aromatic N) is 4. The van der Waals surface area contributed by atoms with Gasteiger partial charge in [0.05, 0.1) is 5.69 Å². The molecule has 1 aromatic carbocycles. The monoisotopic (exact) mass is 361 g/mol. The number of hydrogen-bond donors (Lipinski definition) is 1. The number of amides is 1. The first-order valence-corrected chi connectivity index (χ1v) is 8.57. The number of carbonyl (C=O) groups excluding carboxylic acids is 1. The van der Waals surface area contributed by atoms with Gasteiger partial charge in [-0.25, -0.2) is 4.68 Å². The highest BCUT2D eigenvalue weighted by Gasteiger charge is 2.18. The standard InChI is InChI=1S/C20H19N5O2/c1-14-8-9-19(27-14)16-12-17(23-22-16)20(26)24(2)13-15-6-3-4-7-18(15)25-11-5-10-21-25/h3-12H,13H2,1-2H3,(H,22,23). The highest BCUT2D eigenvalue weighted by atomic mass is 16.3. The third kappa shape index (κ3) is 3.39. The van der Waals surface area contributed by atoms with Crippen LogP contribution in [0.3, 0.4) is 0 Å². The molecule has 1 N–H and O–H groups in total. The van der Waals surface area contributed by atoms with Crippen molar-refractivity contribution in [2.45, 2.75) is 13.5 Å². The van der Waals surface area contributed by atoms with Gasteiger partial charge in [-0.2, -0.15) is 10.2 Å². The maximum Gasteiger partial charge on any atom is 0.274 e. The van der Waals surface area contributed by atoms with E-state index in [0.29, 0.717) is 23.7 Å². The van der Waals surface area contributed by atoms with E-state index in [1.807, 2.05) is 55.6 Å². The molecule has 0 aliphatic heterocycles. The molecule has 7 nitrogen and oxygen atoms in total. The van der Waals surface area contributed by atoms with Crippen LogP contribution in [0.4, 0.5) is 0 Å². The molecule has 4 rings (SSSR count). The van der Waals surface area contributed by atoms with Crippen LogP contribution in [0.25, 0.3) is 17.1 Å². The van der Waals surface area contributed by atoms with Crippen molar-refractivity contribution in [3.63, 3.8) is 0 Å². The van der Waals surface area contributed by atoms with E-state index in [2.05, 4.69) is 15.3 Å². The lowest BCUT2D eigenvalue weighted by Crippen LogP contribution is -2.27. The van der Waals surface area contributed by atoms with Gasteiger partial charge in [0, 0.05) is 32.1 Å². The van der Waals surface area contributed by atoms with Gasteiger partial charge in [0.1, 0.15) is 11.5 Å². The van der Waals surface area contributed by atoms with Crippen LogP contribution in [-0.4, -0.2) is 37.8 Å².